The molecule has 1 aromatic carbocycles. The van der Waals surface area contributed by atoms with Gasteiger partial charge in [-0.2, -0.15) is 5.26 Å². The molecule has 0 aliphatic carbocycles. The van der Waals surface area contributed by atoms with Crippen LogP contribution in [0, 0.1) is 24.1 Å². The van der Waals surface area contributed by atoms with Crippen molar-refractivity contribution in [2.75, 3.05) is 0 Å². The number of aryl methyl sites for hydroxylation is 1. The zero-order chi connectivity index (χ0) is 15.4. The normalized spacial score (nSPS) is 10.3. The van der Waals surface area contributed by atoms with Crippen LogP contribution in [-0.4, -0.2) is 16.1 Å². The van der Waals surface area contributed by atoms with Gasteiger partial charge >= 0.3 is 5.97 Å². The SMILES string of the molecule is Cc1nc(SCc2cc(C#N)ccc2F)sc1CC(=O)O. The number of thiazole rings is 1. The number of aliphatic carboxylic acids is 1. The second-order valence-electron chi connectivity index (χ2n) is 4.27. The van der Waals surface area contributed by atoms with E-state index in [1.54, 1.807) is 6.92 Å². The smallest absolute Gasteiger partial charge is 0.308 e. The summed E-state index contributed by atoms with van der Waals surface area (Å²) in [5.41, 5.74) is 1.54. The average Bonchev–Trinajstić information content (AvgIpc) is 2.77. The van der Waals surface area contributed by atoms with Crippen LogP contribution in [0.3, 0.4) is 0 Å². The van der Waals surface area contributed by atoms with Crippen molar-refractivity contribution >= 4 is 29.1 Å². The average molecular weight is 322 g/mol. The second-order valence-corrected chi connectivity index (χ2v) is 6.57. The van der Waals surface area contributed by atoms with Crippen molar-refractivity contribution in [2.24, 2.45) is 0 Å². The molecule has 4 nitrogen and oxygen atoms in total. The van der Waals surface area contributed by atoms with Gasteiger partial charge in [-0.15, -0.1) is 11.3 Å². The van der Waals surface area contributed by atoms with Gasteiger partial charge in [0.25, 0.3) is 0 Å². The minimum Gasteiger partial charge on any atom is -0.481 e. The predicted molar refractivity (Wildman–Crippen MR) is 78.9 cm³/mol. The van der Waals surface area contributed by atoms with Gasteiger partial charge in [0.15, 0.2) is 4.34 Å². The highest BCUT2D eigenvalue weighted by Crippen LogP contribution is 2.30. The lowest BCUT2D eigenvalue weighted by Crippen LogP contribution is -1.99. The van der Waals surface area contributed by atoms with Crippen molar-refractivity contribution in [1.82, 2.24) is 4.98 Å². The molecule has 0 atom stereocenters. The molecule has 1 heterocycles. The third-order valence-corrected chi connectivity index (χ3v) is 5.06. The molecule has 7 heteroatoms. The van der Waals surface area contributed by atoms with Gasteiger partial charge in [0.1, 0.15) is 5.82 Å². The number of nitrogens with zero attached hydrogens (tertiary/aromatic N) is 2. The summed E-state index contributed by atoms with van der Waals surface area (Å²) in [7, 11) is 0. The molecule has 0 fully saturated rings. The highest BCUT2D eigenvalue weighted by molar-refractivity contribution is 8.00. The van der Waals surface area contributed by atoms with Crippen LogP contribution in [0.25, 0.3) is 0 Å². The van der Waals surface area contributed by atoms with Gasteiger partial charge in [-0.3, -0.25) is 4.79 Å². The lowest BCUT2D eigenvalue weighted by Gasteiger charge is -2.01. The molecule has 2 rings (SSSR count). The largest absolute Gasteiger partial charge is 0.481 e. The van der Waals surface area contributed by atoms with Gasteiger partial charge in [-0.1, -0.05) is 11.8 Å². The van der Waals surface area contributed by atoms with Crippen LogP contribution < -0.4 is 0 Å². The maximum Gasteiger partial charge on any atom is 0.308 e. The van der Waals surface area contributed by atoms with Gasteiger partial charge < -0.3 is 5.11 Å². The zero-order valence-corrected chi connectivity index (χ0v) is 12.7. The molecule has 0 amide bonds. The minimum atomic E-state index is -0.897. The maximum atomic E-state index is 13.6. The molecule has 0 aliphatic rings. The second kappa shape index (κ2) is 6.70. The summed E-state index contributed by atoms with van der Waals surface area (Å²) < 4.78 is 14.3. The van der Waals surface area contributed by atoms with E-state index in [2.05, 4.69) is 4.98 Å². The number of halogens is 1. The zero-order valence-electron chi connectivity index (χ0n) is 11.1. The molecule has 1 N–H and O–H groups in total. The van der Waals surface area contributed by atoms with E-state index in [1.807, 2.05) is 6.07 Å². The summed E-state index contributed by atoms with van der Waals surface area (Å²) in [6, 6.07) is 6.20. The summed E-state index contributed by atoms with van der Waals surface area (Å²) >= 11 is 2.64. The summed E-state index contributed by atoms with van der Waals surface area (Å²) in [4.78, 5) is 15.7. The van der Waals surface area contributed by atoms with Crippen molar-refractivity contribution in [3.05, 3.63) is 45.7 Å². The number of carboxylic acids is 1. The molecule has 0 saturated carbocycles. The number of carbonyl (C=O) groups is 1. The molecular formula is C14H11FN2O2S2. The number of rotatable bonds is 5. The Morgan fingerprint density at radius 3 is 3.00 bits per heavy atom. The molecule has 0 unspecified atom stereocenters. The van der Waals surface area contributed by atoms with Crippen LogP contribution in [0.2, 0.25) is 0 Å². The van der Waals surface area contributed by atoms with Gasteiger partial charge in [0.2, 0.25) is 0 Å². The molecular weight excluding hydrogens is 311 g/mol. The fourth-order valence-corrected chi connectivity index (χ4v) is 3.86. The highest BCUT2D eigenvalue weighted by Gasteiger charge is 2.12. The number of nitriles is 1. The maximum absolute atomic E-state index is 13.6. The van der Waals surface area contributed by atoms with E-state index in [9.17, 15) is 9.18 Å². The Balaban J connectivity index is 2.10. The fraction of sp³-hybridized carbons (Fsp3) is 0.214. The highest BCUT2D eigenvalue weighted by atomic mass is 32.2. The van der Waals surface area contributed by atoms with E-state index < -0.39 is 5.97 Å². The molecule has 0 radical (unpaired) electrons. The minimum absolute atomic E-state index is 0.0532. The Kier molecular flexibility index (Phi) is 4.94. The lowest BCUT2D eigenvalue weighted by molar-refractivity contribution is -0.136. The van der Waals surface area contributed by atoms with E-state index in [0.717, 1.165) is 0 Å². The number of hydrogen-bond acceptors (Lipinski definition) is 5. The van der Waals surface area contributed by atoms with Crippen LogP contribution >= 0.6 is 23.1 Å². The van der Waals surface area contributed by atoms with Crippen LogP contribution in [0.15, 0.2) is 22.5 Å². The molecule has 21 heavy (non-hydrogen) atoms. The van der Waals surface area contributed by atoms with E-state index >= 15 is 0 Å². The van der Waals surface area contributed by atoms with Crippen molar-refractivity contribution in [1.29, 1.82) is 5.26 Å². The number of carboxylic acid groups (broad SMARTS) is 1. The monoisotopic (exact) mass is 322 g/mol. The molecule has 0 saturated heterocycles. The standard InChI is InChI=1S/C14H11FN2O2S2/c1-8-12(5-13(18)19)21-14(17-8)20-7-10-4-9(6-16)2-3-11(10)15/h2-4H,5,7H2,1H3,(H,18,19). The van der Waals surface area contributed by atoms with E-state index in [1.165, 1.54) is 41.3 Å². The third kappa shape index (κ3) is 4.03. The predicted octanol–water partition coefficient (Wildman–Crippen LogP) is 3.38. The Hall–Kier alpha value is -1.91. The Labute approximate surface area is 129 Å². The number of hydrogen-bond donors (Lipinski definition) is 1. The molecule has 0 bridgehead atoms. The number of thioether (sulfide) groups is 1. The van der Waals surface area contributed by atoms with Crippen molar-refractivity contribution in [3.8, 4) is 6.07 Å². The Bertz CT molecular complexity index is 722. The molecule has 0 spiro atoms. The first-order chi connectivity index (χ1) is 9.99. The summed E-state index contributed by atoms with van der Waals surface area (Å²) in [6.07, 6.45) is -0.0532. The molecule has 108 valence electrons. The van der Waals surface area contributed by atoms with Crippen LogP contribution in [0.1, 0.15) is 21.7 Å². The lowest BCUT2D eigenvalue weighted by atomic mass is 10.1. The van der Waals surface area contributed by atoms with Crippen molar-refractivity contribution in [2.45, 2.75) is 23.4 Å². The van der Waals surface area contributed by atoms with Gasteiger partial charge in [-0.25, -0.2) is 9.37 Å². The quantitative estimate of drug-likeness (QED) is 0.854. The summed E-state index contributed by atoms with van der Waals surface area (Å²) in [6.45, 7) is 1.76. The van der Waals surface area contributed by atoms with E-state index in [4.69, 9.17) is 10.4 Å². The van der Waals surface area contributed by atoms with E-state index in [-0.39, 0.29) is 12.2 Å². The van der Waals surface area contributed by atoms with Crippen LogP contribution in [0.4, 0.5) is 4.39 Å². The number of aromatic nitrogens is 1. The van der Waals surface area contributed by atoms with Crippen LogP contribution in [0.5, 0.6) is 0 Å². The van der Waals surface area contributed by atoms with Crippen LogP contribution in [-0.2, 0) is 17.0 Å². The van der Waals surface area contributed by atoms with Gasteiger partial charge in [0, 0.05) is 10.6 Å². The first kappa shape index (κ1) is 15.5. The van der Waals surface area contributed by atoms with Gasteiger partial charge in [0.05, 0.1) is 23.7 Å². The van der Waals surface area contributed by atoms with Gasteiger partial charge in [-0.05, 0) is 30.7 Å². The van der Waals surface area contributed by atoms with E-state index in [0.29, 0.717) is 31.8 Å². The van der Waals surface area contributed by atoms with Crippen molar-refractivity contribution in [3.63, 3.8) is 0 Å². The number of benzene rings is 1. The van der Waals surface area contributed by atoms with Crippen molar-refractivity contribution < 1.29 is 14.3 Å². The Morgan fingerprint density at radius 1 is 1.57 bits per heavy atom. The molecule has 1 aromatic heterocycles. The topological polar surface area (TPSA) is 74.0 Å². The fourth-order valence-electron chi connectivity index (χ4n) is 1.66. The first-order valence-corrected chi connectivity index (χ1v) is 7.79. The third-order valence-electron chi connectivity index (χ3n) is 2.71. The summed E-state index contributed by atoms with van der Waals surface area (Å²) in [5.74, 6) is -0.910. The Morgan fingerprint density at radius 2 is 2.33 bits per heavy atom. The molecule has 2 aromatic rings. The summed E-state index contributed by atoms with van der Waals surface area (Å²) in [5, 5.41) is 17.6. The first-order valence-electron chi connectivity index (χ1n) is 5.99. The molecule has 0 aliphatic heterocycles.